The maximum Gasteiger partial charge on any atom is 0.343 e. The van der Waals surface area contributed by atoms with Gasteiger partial charge in [-0.05, 0) is 54.6 Å². The summed E-state index contributed by atoms with van der Waals surface area (Å²) in [7, 11) is 0. The van der Waals surface area contributed by atoms with Gasteiger partial charge in [0.05, 0.1) is 26.1 Å². The van der Waals surface area contributed by atoms with Crippen molar-refractivity contribution < 1.29 is 28.8 Å². The zero-order chi connectivity index (χ0) is 23.3. The van der Waals surface area contributed by atoms with E-state index >= 15 is 0 Å². The van der Waals surface area contributed by atoms with Crippen LogP contribution in [0.3, 0.4) is 0 Å². The molecule has 0 heterocycles. The van der Waals surface area contributed by atoms with E-state index in [4.69, 9.17) is 32.7 Å². The lowest BCUT2D eigenvalue weighted by molar-refractivity contribution is -0.384. The van der Waals surface area contributed by atoms with E-state index in [1.807, 2.05) is 0 Å². The predicted octanol–water partition coefficient (Wildman–Crippen LogP) is 5.16. The highest BCUT2D eigenvalue weighted by Crippen LogP contribution is 2.23. The van der Waals surface area contributed by atoms with E-state index in [2.05, 4.69) is 0 Å². The van der Waals surface area contributed by atoms with E-state index in [-0.39, 0.29) is 33.1 Å². The molecule has 0 bridgehead atoms. The predicted molar refractivity (Wildman–Crippen MR) is 116 cm³/mol. The fraction of sp³-hybridized carbons (Fsp3) is 0.0455. The number of nitro benzene ring substituents is 1. The number of ketones is 1. The third-order valence-electron chi connectivity index (χ3n) is 4.19. The van der Waals surface area contributed by atoms with E-state index < -0.39 is 29.3 Å². The molecule has 0 amide bonds. The molecule has 0 atom stereocenters. The molecule has 3 rings (SSSR count). The van der Waals surface area contributed by atoms with E-state index in [9.17, 15) is 24.5 Å². The third kappa shape index (κ3) is 5.69. The van der Waals surface area contributed by atoms with Crippen LogP contribution in [0.15, 0.2) is 66.7 Å². The van der Waals surface area contributed by atoms with Gasteiger partial charge in [-0.15, -0.1) is 0 Å². The maximum absolute atomic E-state index is 12.2. The fourth-order valence-electron chi connectivity index (χ4n) is 2.51. The summed E-state index contributed by atoms with van der Waals surface area (Å²) >= 11 is 11.7. The Kier molecular flexibility index (Phi) is 7.19. The van der Waals surface area contributed by atoms with Gasteiger partial charge in [0.2, 0.25) is 0 Å². The molecule has 3 aromatic rings. The molecular formula is C22H13Cl2NO7. The number of nitro groups is 1. The Morgan fingerprint density at radius 1 is 0.781 bits per heavy atom. The number of hydrogen-bond acceptors (Lipinski definition) is 7. The summed E-state index contributed by atoms with van der Waals surface area (Å²) in [6, 6.07) is 14.8. The van der Waals surface area contributed by atoms with Gasteiger partial charge in [-0.1, -0.05) is 23.2 Å². The number of Topliss-reactive ketones (excluding diaryl/α,β-unsaturated/α-hetero) is 1. The lowest BCUT2D eigenvalue weighted by atomic mass is 10.1. The number of carbonyl (C=O) groups is 3. The second-order valence-electron chi connectivity index (χ2n) is 6.35. The van der Waals surface area contributed by atoms with Gasteiger partial charge in [0.25, 0.3) is 5.69 Å². The van der Waals surface area contributed by atoms with Crippen LogP contribution in [0.4, 0.5) is 5.69 Å². The highest BCUT2D eigenvalue weighted by atomic mass is 35.5. The van der Waals surface area contributed by atoms with E-state index in [1.54, 1.807) is 0 Å². The van der Waals surface area contributed by atoms with Gasteiger partial charge in [-0.2, -0.15) is 0 Å². The van der Waals surface area contributed by atoms with Crippen molar-refractivity contribution in [2.75, 3.05) is 6.61 Å². The molecule has 0 aliphatic carbocycles. The van der Waals surface area contributed by atoms with Crippen molar-refractivity contribution in [3.63, 3.8) is 0 Å². The molecule has 0 radical (unpaired) electrons. The Hall–Kier alpha value is -3.75. The molecule has 0 fully saturated rings. The van der Waals surface area contributed by atoms with Gasteiger partial charge in [-0.25, -0.2) is 9.59 Å². The number of rotatable bonds is 7. The van der Waals surface area contributed by atoms with Crippen LogP contribution in [-0.4, -0.2) is 29.3 Å². The van der Waals surface area contributed by atoms with E-state index in [0.29, 0.717) is 5.02 Å². The van der Waals surface area contributed by atoms with Crippen molar-refractivity contribution in [1.29, 1.82) is 0 Å². The Morgan fingerprint density at radius 3 is 1.97 bits per heavy atom. The first-order chi connectivity index (χ1) is 15.2. The van der Waals surface area contributed by atoms with Gasteiger partial charge in [0.1, 0.15) is 5.75 Å². The van der Waals surface area contributed by atoms with Crippen LogP contribution in [0, 0.1) is 10.1 Å². The summed E-state index contributed by atoms with van der Waals surface area (Å²) in [4.78, 5) is 46.5. The molecule has 0 saturated carbocycles. The smallest absolute Gasteiger partial charge is 0.343 e. The van der Waals surface area contributed by atoms with Crippen LogP contribution >= 0.6 is 23.2 Å². The number of carbonyl (C=O) groups excluding carboxylic acids is 3. The number of halogens is 2. The number of hydrogen-bond donors (Lipinski definition) is 0. The highest BCUT2D eigenvalue weighted by molar-refractivity contribution is 6.42. The van der Waals surface area contributed by atoms with Crippen LogP contribution in [0.1, 0.15) is 31.1 Å². The number of non-ortho nitro benzene ring substituents is 1. The van der Waals surface area contributed by atoms with Crippen molar-refractivity contribution >= 4 is 46.6 Å². The number of ether oxygens (including phenoxy) is 2. The van der Waals surface area contributed by atoms with Gasteiger partial charge < -0.3 is 9.47 Å². The highest BCUT2D eigenvalue weighted by Gasteiger charge is 2.15. The molecule has 0 saturated heterocycles. The first-order valence-electron chi connectivity index (χ1n) is 8.96. The summed E-state index contributed by atoms with van der Waals surface area (Å²) in [5.74, 6) is -1.73. The summed E-state index contributed by atoms with van der Waals surface area (Å²) in [6.07, 6.45) is 0. The van der Waals surface area contributed by atoms with Crippen molar-refractivity contribution in [2.45, 2.75) is 0 Å². The maximum atomic E-state index is 12.2. The van der Waals surface area contributed by atoms with Crippen LogP contribution in [0.25, 0.3) is 0 Å². The van der Waals surface area contributed by atoms with Gasteiger partial charge >= 0.3 is 11.9 Å². The zero-order valence-electron chi connectivity index (χ0n) is 16.1. The Morgan fingerprint density at radius 2 is 1.38 bits per heavy atom. The lowest BCUT2D eigenvalue weighted by Gasteiger charge is -2.07. The van der Waals surface area contributed by atoms with Crippen LogP contribution < -0.4 is 4.74 Å². The molecule has 0 aliphatic heterocycles. The molecule has 10 heteroatoms. The number of nitrogens with zero attached hydrogens (tertiary/aromatic N) is 1. The SMILES string of the molecule is O=C(COC(=O)c1ccc([N+](=O)[O-])cc1)c1ccc(OC(=O)c2ccc(Cl)c(Cl)c2)cc1. The van der Waals surface area contributed by atoms with Gasteiger partial charge in [0, 0.05) is 17.7 Å². The summed E-state index contributed by atoms with van der Waals surface area (Å²) in [6.45, 7) is -0.530. The standard InChI is InChI=1S/C22H13Cl2NO7/c23-18-10-5-15(11-19(18)24)22(28)32-17-8-3-13(4-9-17)20(26)12-31-21(27)14-1-6-16(7-2-14)25(29)30/h1-11H,12H2. The Balaban J connectivity index is 1.56. The monoisotopic (exact) mass is 473 g/mol. The average molecular weight is 474 g/mol. The van der Waals surface area contributed by atoms with Crippen molar-refractivity contribution in [3.05, 3.63) is 104 Å². The molecule has 162 valence electrons. The largest absolute Gasteiger partial charge is 0.454 e. The molecule has 0 N–H and O–H groups in total. The molecule has 0 unspecified atom stereocenters. The van der Waals surface area contributed by atoms with Gasteiger partial charge in [0.15, 0.2) is 12.4 Å². The quantitative estimate of drug-likeness (QED) is 0.153. The number of benzene rings is 3. The molecule has 0 aromatic heterocycles. The molecule has 0 spiro atoms. The molecule has 3 aromatic carbocycles. The topological polar surface area (TPSA) is 113 Å². The van der Waals surface area contributed by atoms with Crippen LogP contribution in [-0.2, 0) is 4.74 Å². The summed E-state index contributed by atoms with van der Waals surface area (Å²) in [5, 5.41) is 11.2. The molecular weight excluding hydrogens is 461 g/mol. The Bertz CT molecular complexity index is 1190. The minimum absolute atomic E-state index is 0.0768. The summed E-state index contributed by atoms with van der Waals surface area (Å²) < 4.78 is 10.2. The lowest BCUT2D eigenvalue weighted by Crippen LogP contribution is -2.14. The molecule has 0 aliphatic rings. The molecule has 32 heavy (non-hydrogen) atoms. The third-order valence-corrected chi connectivity index (χ3v) is 4.93. The minimum Gasteiger partial charge on any atom is -0.454 e. The van der Waals surface area contributed by atoms with Crippen LogP contribution in [0.5, 0.6) is 5.75 Å². The van der Waals surface area contributed by atoms with Gasteiger partial charge in [-0.3, -0.25) is 14.9 Å². The van der Waals surface area contributed by atoms with Crippen LogP contribution in [0.2, 0.25) is 10.0 Å². The summed E-state index contributed by atoms with van der Waals surface area (Å²) in [5.41, 5.74) is 0.346. The molecule has 8 nitrogen and oxygen atoms in total. The first kappa shape index (κ1) is 22.9. The van der Waals surface area contributed by atoms with E-state index in [0.717, 1.165) is 12.1 Å². The van der Waals surface area contributed by atoms with Crippen molar-refractivity contribution in [2.24, 2.45) is 0 Å². The average Bonchev–Trinajstić information content (AvgIpc) is 2.79. The number of esters is 2. The van der Waals surface area contributed by atoms with Crippen molar-refractivity contribution in [3.8, 4) is 5.75 Å². The normalized spacial score (nSPS) is 10.3. The zero-order valence-corrected chi connectivity index (χ0v) is 17.6. The second kappa shape index (κ2) is 10.0. The fourth-order valence-corrected chi connectivity index (χ4v) is 2.81. The first-order valence-corrected chi connectivity index (χ1v) is 9.72. The minimum atomic E-state index is -0.791. The van der Waals surface area contributed by atoms with E-state index in [1.165, 1.54) is 54.6 Å². The second-order valence-corrected chi connectivity index (χ2v) is 7.16. The van der Waals surface area contributed by atoms with Crippen molar-refractivity contribution in [1.82, 2.24) is 0 Å². The Labute approximate surface area is 191 Å².